The summed E-state index contributed by atoms with van der Waals surface area (Å²) in [6.07, 6.45) is 1.42. The molecule has 2 heterocycles. The number of pyridine rings is 1. The molecule has 0 aliphatic rings. The van der Waals surface area contributed by atoms with E-state index in [1.54, 1.807) is 0 Å². The van der Waals surface area contributed by atoms with Gasteiger partial charge in [0.25, 0.3) is 0 Å². The number of hydrogen-bond donors (Lipinski definition) is 2. The zero-order chi connectivity index (χ0) is 18.5. The number of nitrogens with zero attached hydrogens (tertiary/aromatic N) is 3. The summed E-state index contributed by atoms with van der Waals surface area (Å²) in [7, 11) is 0. The maximum atomic E-state index is 12.0. The van der Waals surface area contributed by atoms with Crippen LogP contribution in [-0.4, -0.2) is 26.8 Å². The van der Waals surface area contributed by atoms with E-state index in [0.29, 0.717) is 14.5 Å². The highest BCUT2D eigenvalue weighted by Crippen LogP contribution is 2.28. The lowest BCUT2D eigenvalue weighted by atomic mass is 10.2. The molecule has 0 aliphatic heterocycles. The van der Waals surface area contributed by atoms with Gasteiger partial charge in [-0.1, -0.05) is 64.0 Å². The smallest absolute Gasteiger partial charge is 0.236 e. The molecule has 0 saturated heterocycles. The number of carbonyl (C=O) groups excluding carboxylic acids is 1. The molecular formula is C16H13Cl2N5OS2. The van der Waals surface area contributed by atoms with E-state index in [9.17, 15) is 4.79 Å². The number of rotatable bonds is 6. The Labute approximate surface area is 168 Å². The molecule has 26 heavy (non-hydrogen) atoms. The van der Waals surface area contributed by atoms with Gasteiger partial charge in [0.2, 0.25) is 11.0 Å². The van der Waals surface area contributed by atoms with Crippen molar-refractivity contribution in [3.63, 3.8) is 0 Å². The van der Waals surface area contributed by atoms with Gasteiger partial charge in [-0.2, -0.15) is 0 Å². The van der Waals surface area contributed by atoms with Gasteiger partial charge in [-0.05, 0) is 25.1 Å². The minimum Gasteiger partial charge on any atom is -0.330 e. The first kappa shape index (κ1) is 18.9. The van der Waals surface area contributed by atoms with Gasteiger partial charge in [-0.3, -0.25) is 4.79 Å². The van der Waals surface area contributed by atoms with Gasteiger partial charge in [0.05, 0.1) is 15.8 Å². The van der Waals surface area contributed by atoms with E-state index in [-0.39, 0.29) is 22.5 Å². The third-order valence-corrected chi connectivity index (χ3v) is 5.57. The second kappa shape index (κ2) is 8.68. The van der Waals surface area contributed by atoms with Crippen molar-refractivity contribution in [2.24, 2.45) is 0 Å². The number of aryl methyl sites for hydroxylation is 1. The predicted molar refractivity (Wildman–Crippen MR) is 108 cm³/mol. The molecule has 10 heteroatoms. The summed E-state index contributed by atoms with van der Waals surface area (Å²) in [6, 6.07) is 9.49. The Balaban J connectivity index is 1.52. The molecule has 0 unspecified atom stereocenters. The molecule has 0 radical (unpaired) electrons. The Bertz CT molecular complexity index is 917. The van der Waals surface area contributed by atoms with E-state index in [0.717, 1.165) is 5.69 Å². The van der Waals surface area contributed by atoms with E-state index in [4.69, 9.17) is 23.2 Å². The van der Waals surface area contributed by atoms with Gasteiger partial charge >= 0.3 is 0 Å². The number of carbonyl (C=O) groups is 1. The van der Waals surface area contributed by atoms with Crippen molar-refractivity contribution in [1.82, 2.24) is 15.2 Å². The van der Waals surface area contributed by atoms with Crippen LogP contribution in [0.5, 0.6) is 0 Å². The average Bonchev–Trinajstić information content (AvgIpc) is 3.05. The van der Waals surface area contributed by atoms with Gasteiger partial charge in [-0.25, -0.2) is 4.98 Å². The van der Waals surface area contributed by atoms with Crippen LogP contribution in [0.15, 0.2) is 40.9 Å². The zero-order valence-electron chi connectivity index (χ0n) is 13.5. The minimum absolute atomic E-state index is 0.166. The van der Waals surface area contributed by atoms with Crippen molar-refractivity contribution in [2.45, 2.75) is 11.3 Å². The van der Waals surface area contributed by atoms with Crippen molar-refractivity contribution in [1.29, 1.82) is 0 Å². The molecule has 134 valence electrons. The molecule has 2 N–H and O–H groups in total. The van der Waals surface area contributed by atoms with Crippen molar-refractivity contribution in [2.75, 3.05) is 16.4 Å². The van der Waals surface area contributed by atoms with Crippen LogP contribution >= 0.6 is 46.3 Å². The number of aromatic nitrogens is 3. The molecule has 0 aliphatic carbocycles. The van der Waals surface area contributed by atoms with Crippen molar-refractivity contribution >= 4 is 68.8 Å². The van der Waals surface area contributed by atoms with Gasteiger partial charge in [0.15, 0.2) is 10.2 Å². The van der Waals surface area contributed by atoms with Gasteiger partial charge < -0.3 is 10.6 Å². The first-order valence-electron chi connectivity index (χ1n) is 7.40. The number of benzene rings is 1. The molecule has 3 aromatic rings. The first-order valence-corrected chi connectivity index (χ1v) is 9.96. The fourth-order valence-corrected chi connectivity index (χ4v) is 3.88. The molecule has 2 aromatic heterocycles. The highest BCUT2D eigenvalue weighted by atomic mass is 35.5. The van der Waals surface area contributed by atoms with Crippen molar-refractivity contribution in [3.8, 4) is 0 Å². The highest BCUT2D eigenvalue weighted by Gasteiger charge is 2.11. The third-order valence-electron chi connectivity index (χ3n) is 3.10. The Morgan fingerprint density at radius 1 is 1.23 bits per heavy atom. The second-order valence-electron chi connectivity index (χ2n) is 5.18. The van der Waals surface area contributed by atoms with Crippen LogP contribution < -0.4 is 10.6 Å². The van der Waals surface area contributed by atoms with Crippen molar-refractivity contribution in [3.05, 3.63) is 52.1 Å². The second-order valence-corrected chi connectivity index (χ2v) is 8.23. The zero-order valence-corrected chi connectivity index (χ0v) is 16.6. The highest BCUT2D eigenvalue weighted by molar-refractivity contribution is 8.01. The molecule has 1 amide bonds. The molecule has 0 saturated carbocycles. The molecule has 0 spiro atoms. The normalized spacial score (nSPS) is 10.6. The summed E-state index contributed by atoms with van der Waals surface area (Å²) < 4.78 is 0.685. The van der Waals surface area contributed by atoms with E-state index in [1.807, 2.05) is 31.2 Å². The molecule has 0 atom stereocenters. The Morgan fingerprint density at radius 3 is 2.73 bits per heavy atom. The molecule has 1 aromatic carbocycles. The fourth-order valence-electron chi connectivity index (χ4n) is 1.88. The summed E-state index contributed by atoms with van der Waals surface area (Å²) in [5.74, 6) is 0.204. The lowest BCUT2D eigenvalue weighted by molar-refractivity contribution is -0.113. The van der Waals surface area contributed by atoms with E-state index in [1.165, 1.54) is 40.9 Å². The summed E-state index contributed by atoms with van der Waals surface area (Å²) in [5.41, 5.74) is 2.12. The lowest BCUT2D eigenvalue weighted by Gasteiger charge is -2.05. The van der Waals surface area contributed by atoms with Crippen LogP contribution in [0.4, 0.5) is 16.6 Å². The fraction of sp³-hybridized carbons (Fsp3) is 0.125. The van der Waals surface area contributed by atoms with Gasteiger partial charge in [0.1, 0.15) is 0 Å². The number of hydrogen-bond acceptors (Lipinski definition) is 7. The number of anilines is 3. The molecule has 6 nitrogen and oxygen atoms in total. The van der Waals surface area contributed by atoms with Crippen LogP contribution in [0.25, 0.3) is 0 Å². The average molecular weight is 426 g/mol. The monoisotopic (exact) mass is 425 g/mol. The Kier molecular flexibility index (Phi) is 6.31. The number of halogens is 2. The maximum absolute atomic E-state index is 12.0. The van der Waals surface area contributed by atoms with E-state index < -0.39 is 0 Å². The number of nitrogens with one attached hydrogen (secondary N) is 2. The summed E-state index contributed by atoms with van der Waals surface area (Å²) >= 11 is 14.4. The summed E-state index contributed by atoms with van der Waals surface area (Å²) in [5, 5.41) is 15.3. The first-order chi connectivity index (χ1) is 12.5. The third kappa shape index (κ3) is 5.31. The quantitative estimate of drug-likeness (QED) is 0.539. The lowest BCUT2D eigenvalue weighted by Crippen LogP contribution is -2.15. The topological polar surface area (TPSA) is 79.8 Å². The maximum Gasteiger partial charge on any atom is 0.236 e. The predicted octanol–water partition coefficient (Wildman–Crippen LogP) is 5.02. The van der Waals surface area contributed by atoms with Gasteiger partial charge in [0, 0.05) is 11.9 Å². The molecule has 0 fully saturated rings. The van der Waals surface area contributed by atoms with E-state index >= 15 is 0 Å². The van der Waals surface area contributed by atoms with Crippen molar-refractivity contribution < 1.29 is 4.79 Å². The minimum atomic E-state index is -0.241. The number of amides is 1. The standard InChI is InChI=1S/C16H13Cl2N5OS2/c1-9-2-4-11(5-3-9)20-15-22-23-16(26-15)25-8-13(24)21-14-12(18)6-10(17)7-19-14/h2-7H,8H2,1H3,(H,20,22)(H,19,21,24). The molecular weight excluding hydrogens is 413 g/mol. The van der Waals surface area contributed by atoms with Crippen LogP contribution in [0, 0.1) is 6.92 Å². The summed E-state index contributed by atoms with van der Waals surface area (Å²) in [4.78, 5) is 16.0. The van der Waals surface area contributed by atoms with E-state index in [2.05, 4.69) is 25.8 Å². The van der Waals surface area contributed by atoms with Crippen LogP contribution in [-0.2, 0) is 4.79 Å². The Hall–Kier alpha value is -1.87. The van der Waals surface area contributed by atoms with Crippen LogP contribution in [0.2, 0.25) is 10.0 Å². The SMILES string of the molecule is Cc1ccc(Nc2nnc(SCC(=O)Nc3ncc(Cl)cc3Cl)s2)cc1. The summed E-state index contributed by atoms with van der Waals surface area (Å²) in [6.45, 7) is 2.03. The Morgan fingerprint density at radius 2 is 2.00 bits per heavy atom. The molecule has 0 bridgehead atoms. The van der Waals surface area contributed by atoms with Crippen LogP contribution in [0.1, 0.15) is 5.56 Å². The van der Waals surface area contributed by atoms with Gasteiger partial charge in [-0.15, -0.1) is 10.2 Å². The van der Waals surface area contributed by atoms with Crippen LogP contribution in [0.3, 0.4) is 0 Å². The number of thioether (sulfide) groups is 1. The molecule has 3 rings (SSSR count). The largest absolute Gasteiger partial charge is 0.330 e.